The fourth-order valence-corrected chi connectivity index (χ4v) is 4.16. The second-order valence-corrected chi connectivity index (χ2v) is 10.6. The molecule has 0 saturated carbocycles. The first-order valence-corrected chi connectivity index (χ1v) is 12.4. The Balaban J connectivity index is 2.19. The molecule has 184 valence electrons. The number of nitrogens with zero attached hydrogens (tertiary/aromatic N) is 1. The number of hydrogen-bond donors (Lipinski definition) is 2. The Kier molecular flexibility index (Phi) is 9.09. The van der Waals surface area contributed by atoms with Crippen molar-refractivity contribution in [2.24, 2.45) is 0 Å². The first-order valence-electron chi connectivity index (χ1n) is 10.9. The summed E-state index contributed by atoms with van der Waals surface area (Å²) < 4.78 is 25.7. The predicted molar refractivity (Wildman–Crippen MR) is 134 cm³/mol. The lowest BCUT2D eigenvalue weighted by Crippen LogP contribution is -2.54. The second-order valence-electron chi connectivity index (χ2n) is 9.18. The van der Waals surface area contributed by atoms with Gasteiger partial charge in [0.05, 0.1) is 0 Å². The average Bonchev–Trinajstić information content (AvgIpc) is 2.71. The highest BCUT2D eigenvalue weighted by Crippen LogP contribution is 2.25. The minimum atomic E-state index is -1.82. The Labute approximate surface area is 202 Å². The van der Waals surface area contributed by atoms with Gasteiger partial charge in [-0.2, -0.15) is 0 Å². The van der Waals surface area contributed by atoms with Crippen molar-refractivity contribution in [1.82, 2.24) is 5.32 Å². The van der Waals surface area contributed by atoms with Gasteiger partial charge < -0.3 is 10.6 Å². The normalized spacial score (nSPS) is 13.0. The van der Waals surface area contributed by atoms with Crippen LogP contribution in [0.5, 0.6) is 0 Å². The Morgan fingerprint density at radius 1 is 1.03 bits per heavy atom. The predicted octanol–water partition coefficient (Wildman–Crippen LogP) is 3.47. The molecule has 0 aromatic heterocycles. The number of anilines is 2. The summed E-state index contributed by atoms with van der Waals surface area (Å²) in [5.74, 6) is -2.72. The highest BCUT2D eigenvalue weighted by atomic mass is 32.2. The van der Waals surface area contributed by atoms with E-state index in [0.29, 0.717) is 11.4 Å². The number of amides is 3. The quantitative estimate of drug-likeness (QED) is 0.594. The van der Waals surface area contributed by atoms with Crippen molar-refractivity contribution in [1.29, 1.82) is 0 Å². The van der Waals surface area contributed by atoms with Gasteiger partial charge in [-0.3, -0.25) is 23.5 Å². The van der Waals surface area contributed by atoms with E-state index in [9.17, 15) is 23.0 Å². The largest absolute Gasteiger partial charge is 0.350 e. The van der Waals surface area contributed by atoms with Crippen molar-refractivity contribution in [3.8, 4) is 0 Å². The lowest BCUT2D eigenvalue weighted by Gasteiger charge is -2.32. The first kappa shape index (κ1) is 27.2. The first-order chi connectivity index (χ1) is 15.8. The SMILES string of the molecule is Cc1cccc(N(C(=O)CS(=O)CC(=O)Nc2ccc(F)cc2)C(C)C(=O)NC(C)(C)C)c1C. The molecule has 0 radical (unpaired) electrons. The third-order valence-electron chi connectivity index (χ3n) is 5.07. The second kappa shape index (κ2) is 11.4. The van der Waals surface area contributed by atoms with Gasteiger partial charge in [0.2, 0.25) is 17.7 Å². The van der Waals surface area contributed by atoms with Crippen LogP contribution in [0.15, 0.2) is 42.5 Å². The van der Waals surface area contributed by atoms with Gasteiger partial charge in [-0.15, -0.1) is 0 Å². The van der Waals surface area contributed by atoms with Crippen molar-refractivity contribution in [3.63, 3.8) is 0 Å². The van der Waals surface area contributed by atoms with Gasteiger partial charge in [0.1, 0.15) is 23.4 Å². The molecule has 2 N–H and O–H groups in total. The molecule has 3 amide bonds. The third kappa shape index (κ3) is 7.76. The fraction of sp³-hybridized carbons (Fsp3) is 0.400. The van der Waals surface area contributed by atoms with E-state index in [1.165, 1.54) is 29.2 Å². The number of carbonyl (C=O) groups is 3. The monoisotopic (exact) mass is 489 g/mol. The van der Waals surface area contributed by atoms with Crippen LogP contribution in [-0.4, -0.2) is 45.0 Å². The molecule has 0 aliphatic carbocycles. The zero-order valence-electron chi connectivity index (χ0n) is 20.4. The Hall–Kier alpha value is -3.07. The van der Waals surface area contributed by atoms with Crippen LogP contribution in [0.25, 0.3) is 0 Å². The van der Waals surface area contributed by atoms with Crippen LogP contribution >= 0.6 is 0 Å². The van der Waals surface area contributed by atoms with Crippen molar-refractivity contribution >= 4 is 39.9 Å². The number of carbonyl (C=O) groups excluding carboxylic acids is 3. The Bertz CT molecular complexity index is 1080. The van der Waals surface area contributed by atoms with Gasteiger partial charge >= 0.3 is 0 Å². The fourth-order valence-electron chi connectivity index (χ4n) is 3.28. The summed E-state index contributed by atoms with van der Waals surface area (Å²) in [6, 6.07) is 9.74. The van der Waals surface area contributed by atoms with E-state index in [0.717, 1.165) is 11.1 Å². The standard InChI is InChI=1S/C25H32FN3O4S/c1-16-8-7-9-21(17(16)2)29(18(3)24(32)28-25(4,5)6)23(31)15-34(33)14-22(30)27-20-12-10-19(26)11-13-20/h7-13,18H,14-15H2,1-6H3,(H,27,30)(H,28,32). The zero-order valence-corrected chi connectivity index (χ0v) is 21.2. The lowest BCUT2D eigenvalue weighted by atomic mass is 10.0. The van der Waals surface area contributed by atoms with Crippen molar-refractivity contribution in [2.75, 3.05) is 21.7 Å². The third-order valence-corrected chi connectivity index (χ3v) is 6.23. The number of nitrogens with one attached hydrogen (secondary N) is 2. The molecular formula is C25H32FN3O4S. The van der Waals surface area contributed by atoms with Crippen molar-refractivity contribution < 1.29 is 23.0 Å². The topological polar surface area (TPSA) is 95.6 Å². The summed E-state index contributed by atoms with van der Waals surface area (Å²) in [6.45, 7) is 10.9. The molecule has 0 aliphatic rings. The summed E-state index contributed by atoms with van der Waals surface area (Å²) in [4.78, 5) is 39.8. The van der Waals surface area contributed by atoms with E-state index in [1.54, 1.807) is 19.1 Å². The van der Waals surface area contributed by atoms with Gasteiger partial charge in [0.25, 0.3) is 0 Å². The summed E-state index contributed by atoms with van der Waals surface area (Å²) >= 11 is 0. The summed E-state index contributed by atoms with van der Waals surface area (Å²) in [7, 11) is -1.82. The van der Waals surface area contributed by atoms with Gasteiger partial charge in [-0.1, -0.05) is 12.1 Å². The highest BCUT2D eigenvalue weighted by Gasteiger charge is 2.31. The van der Waals surface area contributed by atoms with Crippen LogP contribution in [0.4, 0.5) is 15.8 Å². The van der Waals surface area contributed by atoms with E-state index in [2.05, 4.69) is 10.6 Å². The summed E-state index contributed by atoms with van der Waals surface area (Å²) in [5.41, 5.74) is 2.18. The molecule has 0 saturated heterocycles. The maximum atomic E-state index is 13.3. The van der Waals surface area contributed by atoms with Crippen LogP contribution in [-0.2, 0) is 25.2 Å². The molecule has 9 heteroatoms. The average molecular weight is 490 g/mol. The molecule has 0 bridgehead atoms. The van der Waals surface area contributed by atoms with Crippen LogP contribution in [0.1, 0.15) is 38.8 Å². The van der Waals surface area contributed by atoms with Crippen molar-refractivity contribution in [2.45, 2.75) is 53.1 Å². The number of aryl methyl sites for hydroxylation is 1. The molecule has 2 aromatic rings. The van der Waals surface area contributed by atoms with Gasteiger partial charge in [-0.05, 0) is 83.0 Å². The number of hydrogen-bond acceptors (Lipinski definition) is 4. The molecule has 0 fully saturated rings. The minimum absolute atomic E-state index is 0.346. The Morgan fingerprint density at radius 2 is 1.65 bits per heavy atom. The summed E-state index contributed by atoms with van der Waals surface area (Å²) in [6.07, 6.45) is 0. The van der Waals surface area contributed by atoms with Crippen LogP contribution < -0.4 is 15.5 Å². The highest BCUT2D eigenvalue weighted by molar-refractivity contribution is 7.86. The van der Waals surface area contributed by atoms with E-state index < -0.39 is 51.5 Å². The lowest BCUT2D eigenvalue weighted by molar-refractivity contribution is -0.126. The molecule has 2 atom stereocenters. The van der Waals surface area contributed by atoms with Crippen LogP contribution in [0, 0.1) is 19.7 Å². The molecule has 0 heterocycles. The van der Waals surface area contributed by atoms with Gasteiger partial charge in [0, 0.05) is 27.7 Å². The summed E-state index contributed by atoms with van der Waals surface area (Å²) in [5, 5.41) is 5.41. The maximum Gasteiger partial charge on any atom is 0.243 e. The van der Waals surface area contributed by atoms with E-state index in [4.69, 9.17) is 0 Å². The zero-order chi connectivity index (χ0) is 25.6. The molecule has 7 nitrogen and oxygen atoms in total. The smallest absolute Gasteiger partial charge is 0.243 e. The molecule has 0 aliphatic heterocycles. The van der Waals surface area contributed by atoms with Gasteiger partial charge in [0.15, 0.2) is 0 Å². The molecule has 2 rings (SSSR count). The molecule has 2 unspecified atom stereocenters. The molecular weight excluding hydrogens is 457 g/mol. The molecule has 0 spiro atoms. The van der Waals surface area contributed by atoms with Crippen LogP contribution in [0.2, 0.25) is 0 Å². The van der Waals surface area contributed by atoms with Gasteiger partial charge in [-0.25, -0.2) is 4.39 Å². The molecule has 2 aromatic carbocycles. The van der Waals surface area contributed by atoms with E-state index in [-0.39, 0.29) is 5.91 Å². The number of rotatable bonds is 8. The number of benzene rings is 2. The van der Waals surface area contributed by atoms with E-state index in [1.807, 2.05) is 40.7 Å². The van der Waals surface area contributed by atoms with Crippen LogP contribution in [0.3, 0.4) is 0 Å². The Morgan fingerprint density at radius 3 is 2.24 bits per heavy atom. The minimum Gasteiger partial charge on any atom is -0.350 e. The number of halogens is 1. The van der Waals surface area contributed by atoms with Crippen molar-refractivity contribution in [3.05, 3.63) is 59.4 Å². The molecule has 34 heavy (non-hydrogen) atoms. The van der Waals surface area contributed by atoms with E-state index >= 15 is 0 Å². The maximum absolute atomic E-state index is 13.3.